The van der Waals surface area contributed by atoms with E-state index in [1.807, 2.05) is 20.0 Å². The van der Waals surface area contributed by atoms with E-state index < -0.39 is 0 Å². The fourth-order valence-corrected chi connectivity index (χ4v) is 1.21. The first-order chi connectivity index (χ1) is 7.13. The molecule has 0 unspecified atom stereocenters. The van der Waals surface area contributed by atoms with E-state index in [1.165, 1.54) is 0 Å². The van der Waals surface area contributed by atoms with Gasteiger partial charge in [-0.3, -0.25) is 9.78 Å². The van der Waals surface area contributed by atoms with Crippen LogP contribution in [-0.2, 0) is 0 Å². The topological polar surface area (TPSA) is 33.2 Å². The standard InChI is InChI=1S/C12H18N2O/c1-4-14(3)8-7-12(15)11-6-5-10(2)9-13-11/h5-6,9H,4,7-8H2,1-3H3. The van der Waals surface area contributed by atoms with Crippen LogP contribution in [0.3, 0.4) is 0 Å². The lowest BCUT2D eigenvalue weighted by Crippen LogP contribution is -2.21. The highest BCUT2D eigenvalue weighted by Gasteiger charge is 2.07. The molecule has 0 aliphatic rings. The SMILES string of the molecule is CCN(C)CCC(=O)c1ccc(C)cn1. The van der Waals surface area contributed by atoms with Gasteiger partial charge < -0.3 is 4.90 Å². The van der Waals surface area contributed by atoms with Gasteiger partial charge in [-0.05, 0) is 32.1 Å². The number of rotatable bonds is 5. The van der Waals surface area contributed by atoms with Crippen LogP contribution in [0.4, 0.5) is 0 Å². The molecule has 0 atom stereocenters. The van der Waals surface area contributed by atoms with Crippen molar-refractivity contribution in [1.82, 2.24) is 9.88 Å². The molecule has 0 saturated heterocycles. The van der Waals surface area contributed by atoms with Crippen molar-refractivity contribution in [3.8, 4) is 0 Å². The minimum atomic E-state index is 0.121. The maximum atomic E-state index is 11.7. The Morgan fingerprint density at radius 2 is 2.20 bits per heavy atom. The quantitative estimate of drug-likeness (QED) is 0.690. The molecule has 1 aromatic rings. The van der Waals surface area contributed by atoms with Crippen LogP contribution in [0, 0.1) is 6.92 Å². The van der Waals surface area contributed by atoms with Crippen LogP contribution in [0.1, 0.15) is 29.4 Å². The number of hydrogen-bond donors (Lipinski definition) is 0. The maximum Gasteiger partial charge on any atom is 0.182 e. The van der Waals surface area contributed by atoms with Crippen molar-refractivity contribution in [3.05, 3.63) is 29.6 Å². The second-order valence-corrected chi connectivity index (χ2v) is 3.79. The smallest absolute Gasteiger partial charge is 0.182 e. The molecule has 15 heavy (non-hydrogen) atoms. The third-order valence-corrected chi connectivity index (χ3v) is 2.46. The number of Topliss-reactive ketones (excluding diaryl/α,β-unsaturated/α-hetero) is 1. The average Bonchev–Trinajstić information content (AvgIpc) is 2.26. The zero-order valence-electron chi connectivity index (χ0n) is 9.66. The molecule has 0 aromatic carbocycles. The van der Waals surface area contributed by atoms with Crippen molar-refractivity contribution in [2.45, 2.75) is 20.3 Å². The molecule has 0 N–H and O–H groups in total. The molecule has 0 spiro atoms. The Labute approximate surface area is 91.1 Å². The molecule has 0 amide bonds. The Hall–Kier alpha value is -1.22. The lowest BCUT2D eigenvalue weighted by atomic mass is 10.1. The maximum absolute atomic E-state index is 11.7. The van der Waals surface area contributed by atoms with Crippen molar-refractivity contribution in [1.29, 1.82) is 0 Å². The first kappa shape index (κ1) is 11.9. The molecule has 1 rings (SSSR count). The van der Waals surface area contributed by atoms with Crippen molar-refractivity contribution in [2.75, 3.05) is 20.1 Å². The first-order valence-corrected chi connectivity index (χ1v) is 5.28. The molecule has 3 heteroatoms. The van der Waals surface area contributed by atoms with E-state index in [1.54, 1.807) is 12.3 Å². The monoisotopic (exact) mass is 206 g/mol. The van der Waals surface area contributed by atoms with Gasteiger partial charge in [-0.1, -0.05) is 13.0 Å². The van der Waals surface area contributed by atoms with Gasteiger partial charge >= 0.3 is 0 Å². The van der Waals surface area contributed by atoms with Gasteiger partial charge in [0.05, 0.1) is 0 Å². The minimum Gasteiger partial charge on any atom is -0.306 e. The van der Waals surface area contributed by atoms with Crippen molar-refractivity contribution < 1.29 is 4.79 Å². The molecule has 3 nitrogen and oxygen atoms in total. The fourth-order valence-electron chi connectivity index (χ4n) is 1.21. The highest BCUT2D eigenvalue weighted by Crippen LogP contribution is 2.02. The van der Waals surface area contributed by atoms with Gasteiger partial charge in [0.1, 0.15) is 5.69 Å². The van der Waals surface area contributed by atoms with Crippen LogP contribution < -0.4 is 0 Å². The Morgan fingerprint density at radius 1 is 1.47 bits per heavy atom. The summed E-state index contributed by atoms with van der Waals surface area (Å²) in [7, 11) is 2.01. The molecule has 0 saturated carbocycles. The minimum absolute atomic E-state index is 0.121. The highest BCUT2D eigenvalue weighted by molar-refractivity contribution is 5.94. The molecule has 0 aliphatic heterocycles. The third-order valence-electron chi connectivity index (χ3n) is 2.46. The molecule has 0 fully saturated rings. The van der Waals surface area contributed by atoms with E-state index in [-0.39, 0.29) is 5.78 Å². The highest BCUT2D eigenvalue weighted by atomic mass is 16.1. The van der Waals surface area contributed by atoms with Crippen LogP contribution >= 0.6 is 0 Å². The van der Waals surface area contributed by atoms with Crippen LogP contribution in [0.5, 0.6) is 0 Å². The zero-order chi connectivity index (χ0) is 11.3. The van der Waals surface area contributed by atoms with Crippen molar-refractivity contribution >= 4 is 5.78 Å². The summed E-state index contributed by atoms with van der Waals surface area (Å²) in [5, 5.41) is 0. The molecule has 82 valence electrons. The summed E-state index contributed by atoms with van der Waals surface area (Å²) >= 11 is 0. The number of carbonyl (C=O) groups is 1. The predicted octanol–water partition coefficient (Wildman–Crippen LogP) is 1.91. The number of pyridine rings is 1. The van der Waals surface area contributed by atoms with Gasteiger partial charge in [-0.15, -0.1) is 0 Å². The predicted molar refractivity (Wildman–Crippen MR) is 61.1 cm³/mol. The molecule has 1 aromatic heterocycles. The Morgan fingerprint density at radius 3 is 2.73 bits per heavy atom. The lowest BCUT2D eigenvalue weighted by Gasteiger charge is -2.12. The normalized spacial score (nSPS) is 10.7. The zero-order valence-corrected chi connectivity index (χ0v) is 9.66. The van der Waals surface area contributed by atoms with E-state index in [0.717, 1.165) is 18.7 Å². The number of aryl methyl sites for hydroxylation is 1. The van der Waals surface area contributed by atoms with Crippen LogP contribution in [0.2, 0.25) is 0 Å². The lowest BCUT2D eigenvalue weighted by molar-refractivity contribution is 0.0965. The summed E-state index contributed by atoms with van der Waals surface area (Å²) in [5.41, 5.74) is 1.65. The Bertz CT molecular complexity index is 319. The third kappa shape index (κ3) is 3.80. The molecular weight excluding hydrogens is 188 g/mol. The Kier molecular flexibility index (Phi) is 4.43. The summed E-state index contributed by atoms with van der Waals surface area (Å²) in [6.07, 6.45) is 2.27. The van der Waals surface area contributed by atoms with Gasteiger partial charge in [0.2, 0.25) is 0 Å². The van der Waals surface area contributed by atoms with E-state index in [9.17, 15) is 4.79 Å². The second kappa shape index (κ2) is 5.61. The van der Waals surface area contributed by atoms with E-state index in [2.05, 4.69) is 16.8 Å². The molecular formula is C12H18N2O. The molecule has 0 bridgehead atoms. The summed E-state index contributed by atoms with van der Waals surface area (Å²) in [6, 6.07) is 3.72. The number of nitrogens with zero attached hydrogens (tertiary/aromatic N) is 2. The number of carbonyl (C=O) groups excluding carboxylic acids is 1. The Balaban J connectivity index is 2.50. The largest absolute Gasteiger partial charge is 0.306 e. The number of aromatic nitrogens is 1. The number of ketones is 1. The summed E-state index contributed by atoms with van der Waals surface area (Å²) in [4.78, 5) is 17.9. The van der Waals surface area contributed by atoms with E-state index in [4.69, 9.17) is 0 Å². The van der Waals surface area contributed by atoms with Gasteiger partial charge in [-0.25, -0.2) is 0 Å². The van der Waals surface area contributed by atoms with Gasteiger partial charge in [0.15, 0.2) is 5.78 Å². The second-order valence-electron chi connectivity index (χ2n) is 3.79. The van der Waals surface area contributed by atoms with Gasteiger partial charge in [-0.2, -0.15) is 0 Å². The molecule has 1 heterocycles. The molecule has 0 radical (unpaired) electrons. The van der Waals surface area contributed by atoms with Gasteiger partial charge in [0, 0.05) is 19.2 Å². The first-order valence-electron chi connectivity index (χ1n) is 5.28. The van der Waals surface area contributed by atoms with Gasteiger partial charge in [0.25, 0.3) is 0 Å². The van der Waals surface area contributed by atoms with Crippen molar-refractivity contribution in [2.24, 2.45) is 0 Å². The van der Waals surface area contributed by atoms with Crippen LogP contribution in [0.15, 0.2) is 18.3 Å². The molecule has 0 aliphatic carbocycles. The average molecular weight is 206 g/mol. The van der Waals surface area contributed by atoms with E-state index in [0.29, 0.717) is 12.1 Å². The summed E-state index contributed by atoms with van der Waals surface area (Å²) < 4.78 is 0. The summed E-state index contributed by atoms with van der Waals surface area (Å²) in [5.74, 6) is 0.121. The summed E-state index contributed by atoms with van der Waals surface area (Å²) in [6.45, 7) is 5.81. The van der Waals surface area contributed by atoms with Crippen LogP contribution in [-0.4, -0.2) is 35.8 Å². The fraction of sp³-hybridized carbons (Fsp3) is 0.500. The van der Waals surface area contributed by atoms with Crippen LogP contribution in [0.25, 0.3) is 0 Å². The number of hydrogen-bond acceptors (Lipinski definition) is 3. The van der Waals surface area contributed by atoms with Crippen molar-refractivity contribution in [3.63, 3.8) is 0 Å². The van der Waals surface area contributed by atoms with E-state index >= 15 is 0 Å².